The minimum Gasteiger partial charge on any atom is -0.303 e. The minimum atomic E-state index is -0.00352. The normalized spacial score (nSPS) is 33.7. The maximum absolute atomic E-state index is 11.8. The second-order valence-corrected chi connectivity index (χ2v) is 2.86. The third-order valence-corrected chi connectivity index (χ3v) is 2.12. The first kappa shape index (κ1) is 7.66. The Balaban J connectivity index is 2.23. The molecule has 0 heterocycles. The fourth-order valence-electron chi connectivity index (χ4n) is 1.36. The summed E-state index contributed by atoms with van der Waals surface area (Å²) < 4.78 is 11.8. The van der Waals surface area contributed by atoms with Crippen LogP contribution in [0.2, 0.25) is 0 Å². The predicted octanol–water partition coefficient (Wildman–Crippen LogP) is 1.22. The van der Waals surface area contributed by atoms with E-state index in [0.29, 0.717) is 0 Å². The molecule has 0 radical (unpaired) electrons. The van der Waals surface area contributed by atoms with Crippen molar-refractivity contribution in [1.29, 1.82) is 0 Å². The molecule has 1 aliphatic carbocycles. The van der Waals surface area contributed by atoms with E-state index in [4.69, 9.17) is 0 Å². The summed E-state index contributed by atoms with van der Waals surface area (Å²) in [5, 5.41) is 0. The number of hydrogen-bond acceptors (Lipinski definition) is 2. The predicted molar refractivity (Wildman–Crippen MR) is 36.1 cm³/mol. The molecule has 0 aromatic rings. The van der Waals surface area contributed by atoms with E-state index >= 15 is 0 Å². The standard InChI is InChI=1S/C7H12FNO/c8-9-7-3-1-6(5-10)2-4-7/h5-7,9H,1-4H2. The summed E-state index contributed by atoms with van der Waals surface area (Å²) in [5.41, 5.74) is 1.73. The van der Waals surface area contributed by atoms with E-state index in [-0.39, 0.29) is 12.0 Å². The Bertz CT molecular complexity index is 110. The molecule has 0 amide bonds. The van der Waals surface area contributed by atoms with E-state index < -0.39 is 0 Å². The van der Waals surface area contributed by atoms with E-state index in [1.165, 1.54) is 0 Å². The molecule has 0 bridgehead atoms. The van der Waals surface area contributed by atoms with Crippen LogP contribution in [-0.4, -0.2) is 12.3 Å². The lowest BCUT2D eigenvalue weighted by Crippen LogP contribution is -2.27. The Morgan fingerprint density at radius 1 is 1.30 bits per heavy atom. The molecule has 0 aliphatic heterocycles. The van der Waals surface area contributed by atoms with Crippen molar-refractivity contribution < 1.29 is 9.28 Å². The van der Waals surface area contributed by atoms with Gasteiger partial charge in [-0.05, 0) is 25.7 Å². The zero-order chi connectivity index (χ0) is 7.40. The number of aldehydes is 1. The molecule has 1 N–H and O–H groups in total. The van der Waals surface area contributed by atoms with Gasteiger partial charge in [-0.15, -0.1) is 4.48 Å². The second-order valence-electron chi connectivity index (χ2n) is 2.86. The van der Waals surface area contributed by atoms with Crippen LogP contribution in [0.1, 0.15) is 25.7 Å². The molecule has 1 rings (SSSR count). The minimum absolute atomic E-state index is 0.00352. The van der Waals surface area contributed by atoms with Gasteiger partial charge >= 0.3 is 0 Å². The molecular weight excluding hydrogens is 133 g/mol. The third kappa shape index (κ3) is 1.77. The monoisotopic (exact) mass is 145 g/mol. The second kappa shape index (κ2) is 3.66. The van der Waals surface area contributed by atoms with Crippen molar-refractivity contribution >= 4 is 6.29 Å². The first-order chi connectivity index (χ1) is 4.86. The molecule has 3 heteroatoms. The van der Waals surface area contributed by atoms with Gasteiger partial charge in [0.1, 0.15) is 6.29 Å². The summed E-state index contributed by atoms with van der Waals surface area (Å²) in [7, 11) is 0. The Labute approximate surface area is 59.7 Å². The first-order valence-electron chi connectivity index (χ1n) is 3.68. The fraction of sp³-hybridized carbons (Fsp3) is 0.857. The summed E-state index contributed by atoms with van der Waals surface area (Å²) >= 11 is 0. The molecule has 1 fully saturated rings. The molecule has 2 nitrogen and oxygen atoms in total. The van der Waals surface area contributed by atoms with Crippen molar-refractivity contribution in [1.82, 2.24) is 5.54 Å². The van der Waals surface area contributed by atoms with Crippen LogP contribution in [0.3, 0.4) is 0 Å². The lowest BCUT2D eigenvalue weighted by molar-refractivity contribution is -0.112. The zero-order valence-corrected chi connectivity index (χ0v) is 5.85. The van der Waals surface area contributed by atoms with Crippen molar-refractivity contribution in [3.8, 4) is 0 Å². The number of rotatable bonds is 2. The highest BCUT2D eigenvalue weighted by Crippen LogP contribution is 2.22. The van der Waals surface area contributed by atoms with Crippen LogP contribution in [-0.2, 0) is 4.79 Å². The largest absolute Gasteiger partial charge is 0.303 e. The summed E-state index contributed by atoms with van der Waals surface area (Å²) in [6, 6.07) is -0.00352. The molecule has 58 valence electrons. The molecule has 10 heavy (non-hydrogen) atoms. The van der Waals surface area contributed by atoms with Crippen LogP contribution in [0.5, 0.6) is 0 Å². The highest BCUT2D eigenvalue weighted by molar-refractivity contribution is 5.53. The lowest BCUT2D eigenvalue weighted by atomic mass is 9.87. The van der Waals surface area contributed by atoms with Crippen LogP contribution < -0.4 is 5.54 Å². The Hall–Kier alpha value is -0.440. The Morgan fingerprint density at radius 2 is 1.90 bits per heavy atom. The van der Waals surface area contributed by atoms with Gasteiger partial charge in [-0.1, -0.05) is 0 Å². The number of halogens is 1. The Kier molecular flexibility index (Phi) is 2.81. The molecule has 0 aromatic heterocycles. The number of carbonyl (C=O) groups excluding carboxylic acids is 1. The third-order valence-electron chi connectivity index (χ3n) is 2.12. The number of nitrogens with one attached hydrogen (secondary N) is 1. The van der Waals surface area contributed by atoms with Gasteiger partial charge in [-0.2, -0.15) is 5.54 Å². The van der Waals surface area contributed by atoms with E-state index in [0.717, 1.165) is 32.0 Å². The molecule has 0 spiro atoms. The fourth-order valence-corrected chi connectivity index (χ4v) is 1.36. The molecule has 1 aliphatic rings. The highest BCUT2D eigenvalue weighted by atomic mass is 19.2. The van der Waals surface area contributed by atoms with Crippen LogP contribution in [0.15, 0.2) is 0 Å². The molecule has 0 aromatic carbocycles. The van der Waals surface area contributed by atoms with Crippen LogP contribution in [0.4, 0.5) is 4.48 Å². The van der Waals surface area contributed by atoms with Crippen molar-refractivity contribution in [2.24, 2.45) is 5.92 Å². The average Bonchev–Trinajstić information content (AvgIpc) is 2.05. The molecule has 0 atom stereocenters. The van der Waals surface area contributed by atoms with Gasteiger partial charge in [-0.3, -0.25) is 0 Å². The highest BCUT2D eigenvalue weighted by Gasteiger charge is 2.19. The smallest absolute Gasteiger partial charge is 0.123 e. The maximum Gasteiger partial charge on any atom is 0.123 e. The SMILES string of the molecule is O=CC1CCC(NF)CC1. The summed E-state index contributed by atoms with van der Waals surface area (Å²) in [4.78, 5) is 10.2. The van der Waals surface area contributed by atoms with Gasteiger partial charge in [0.05, 0.1) is 0 Å². The van der Waals surface area contributed by atoms with E-state index in [1.54, 1.807) is 5.54 Å². The van der Waals surface area contributed by atoms with Crippen LogP contribution >= 0.6 is 0 Å². The summed E-state index contributed by atoms with van der Waals surface area (Å²) in [6.07, 6.45) is 4.24. The van der Waals surface area contributed by atoms with E-state index in [9.17, 15) is 9.28 Å². The maximum atomic E-state index is 11.8. The van der Waals surface area contributed by atoms with Gasteiger partial charge < -0.3 is 4.79 Å². The summed E-state index contributed by atoms with van der Waals surface area (Å²) in [6.45, 7) is 0. The number of carbonyl (C=O) groups is 1. The lowest BCUT2D eigenvalue weighted by Gasteiger charge is -2.22. The van der Waals surface area contributed by atoms with Gasteiger partial charge in [0.15, 0.2) is 0 Å². The van der Waals surface area contributed by atoms with Crippen molar-refractivity contribution in [3.05, 3.63) is 0 Å². The zero-order valence-electron chi connectivity index (χ0n) is 5.85. The molecular formula is C7H12FNO. The average molecular weight is 145 g/mol. The van der Waals surface area contributed by atoms with Crippen molar-refractivity contribution in [2.75, 3.05) is 0 Å². The summed E-state index contributed by atoms with van der Waals surface area (Å²) in [5.74, 6) is 0.185. The van der Waals surface area contributed by atoms with Gasteiger partial charge in [0, 0.05) is 12.0 Å². The van der Waals surface area contributed by atoms with Crippen molar-refractivity contribution in [2.45, 2.75) is 31.7 Å². The molecule has 1 saturated carbocycles. The topological polar surface area (TPSA) is 29.1 Å². The number of hydrogen-bond donors (Lipinski definition) is 1. The molecule has 0 unspecified atom stereocenters. The quantitative estimate of drug-likeness (QED) is 0.467. The first-order valence-corrected chi connectivity index (χ1v) is 3.68. The van der Waals surface area contributed by atoms with Crippen molar-refractivity contribution in [3.63, 3.8) is 0 Å². The van der Waals surface area contributed by atoms with E-state index in [2.05, 4.69) is 0 Å². The van der Waals surface area contributed by atoms with Gasteiger partial charge in [0.2, 0.25) is 0 Å². The van der Waals surface area contributed by atoms with Gasteiger partial charge in [0.25, 0.3) is 0 Å². The van der Waals surface area contributed by atoms with Gasteiger partial charge in [-0.25, -0.2) is 0 Å². The van der Waals surface area contributed by atoms with Crippen LogP contribution in [0, 0.1) is 5.92 Å². The van der Waals surface area contributed by atoms with E-state index in [1.807, 2.05) is 0 Å². The molecule has 0 saturated heterocycles. The Morgan fingerprint density at radius 3 is 2.30 bits per heavy atom. The van der Waals surface area contributed by atoms with Crippen LogP contribution in [0.25, 0.3) is 0 Å².